The van der Waals surface area contributed by atoms with Crippen LogP contribution in [0.1, 0.15) is 20.3 Å². The molecule has 1 aromatic carbocycles. The van der Waals surface area contributed by atoms with Gasteiger partial charge < -0.3 is 9.64 Å². The molecule has 2 rings (SSSR count). The monoisotopic (exact) mass is 432 g/mol. The highest BCUT2D eigenvalue weighted by Crippen LogP contribution is 2.21. The molecule has 1 amide bonds. The van der Waals surface area contributed by atoms with Crippen LogP contribution in [0.3, 0.4) is 0 Å². The molecule has 0 bridgehead atoms. The van der Waals surface area contributed by atoms with Gasteiger partial charge >= 0.3 is 0 Å². The average molecular weight is 433 g/mol. The largest absolute Gasteiger partial charge is 0.480 e. The highest BCUT2D eigenvalue weighted by atomic mass is 79.9. The third-order valence-electron chi connectivity index (χ3n) is 4.16. The molecular formula is C17H25BrN2O4S. The van der Waals surface area contributed by atoms with Crippen molar-refractivity contribution in [3.63, 3.8) is 0 Å². The Morgan fingerprint density at radius 2 is 1.76 bits per heavy atom. The van der Waals surface area contributed by atoms with Gasteiger partial charge in [0.05, 0.1) is 6.26 Å². The molecule has 1 aromatic rings. The minimum Gasteiger partial charge on any atom is -0.480 e. The molecule has 1 heterocycles. The van der Waals surface area contributed by atoms with Crippen LogP contribution in [0.25, 0.3) is 0 Å². The summed E-state index contributed by atoms with van der Waals surface area (Å²) in [4.78, 5) is 14.7. The molecule has 1 aliphatic heterocycles. The highest BCUT2D eigenvalue weighted by Gasteiger charge is 2.31. The van der Waals surface area contributed by atoms with E-state index in [4.69, 9.17) is 4.74 Å². The van der Waals surface area contributed by atoms with Crippen LogP contribution >= 0.6 is 15.9 Å². The lowest BCUT2D eigenvalue weighted by molar-refractivity contribution is -0.140. The quantitative estimate of drug-likeness (QED) is 0.715. The molecule has 140 valence electrons. The van der Waals surface area contributed by atoms with Gasteiger partial charge in [0.1, 0.15) is 5.75 Å². The van der Waals surface area contributed by atoms with Crippen molar-refractivity contribution in [3.8, 4) is 5.75 Å². The second-order valence-corrected chi connectivity index (χ2v) is 9.48. The van der Waals surface area contributed by atoms with E-state index in [-0.39, 0.29) is 11.8 Å². The van der Waals surface area contributed by atoms with Gasteiger partial charge in [0, 0.05) is 30.7 Å². The van der Waals surface area contributed by atoms with Crippen LogP contribution in [-0.4, -0.2) is 62.1 Å². The maximum Gasteiger partial charge on any atom is 0.263 e. The van der Waals surface area contributed by atoms with Gasteiger partial charge in [0.15, 0.2) is 6.10 Å². The van der Waals surface area contributed by atoms with E-state index in [1.165, 1.54) is 10.6 Å². The van der Waals surface area contributed by atoms with Gasteiger partial charge in [0.2, 0.25) is 10.0 Å². The predicted molar refractivity (Wildman–Crippen MR) is 101 cm³/mol. The first-order chi connectivity index (χ1) is 11.7. The summed E-state index contributed by atoms with van der Waals surface area (Å²) >= 11 is 3.38. The number of amides is 1. The van der Waals surface area contributed by atoms with Gasteiger partial charge in [-0.1, -0.05) is 29.8 Å². The van der Waals surface area contributed by atoms with Crippen LogP contribution in [0.5, 0.6) is 5.75 Å². The smallest absolute Gasteiger partial charge is 0.263 e. The molecule has 0 radical (unpaired) electrons. The average Bonchev–Trinajstić information content (AvgIpc) is 2.79. The van der Waals surface area contributed by atoms with Crippen molar-refractivity contribution in [2.24, 2.45) is 5.92 Å². The molecular weight excluding hydrogens is 408 g/mol. The summed E-state index contributed by atoms with van der Waals surface area (Å²) < 4.78 is 31.8. The first-order valence-corrected chi connectivity index (χ1v) is 11.0. The molecule has 1 atom stereocenters. The number of carbonyl (C=O) groups excluding carboxylic acids is 1. The van der Waals surface area contributed by atoms with Crippen LogP contribution in [0, 0.1) is 5.92 Å². The van der Waals surface area contributed by atoms with Gasteiger partial charge in [-0.05, 0) is 36.6 Å². The number of hydrogen-bond acceptors (Lipinski definition) is 4. The minimum absolute atomic E-state index is 0.00501. The van der Waals surface area contributed by atoms with E-state index in [2.05, 4.69) is 15.9 Å². The zero-order valence-corrected chi connectivity index (χ0v) is 17.2. The first-order valence-electron chi connectivity index (χ1n) is 8.34. The number of sulfonamides is 1. The van der Waals surface area contributed by atoms with Crippen LogP contribution < -0.4 is 4.74 Å². The maximum absolute atomic E-state index is 12.9. The van der Waals surface area contributed by atoms with Crippen molar-refractivity contribution in [2.45, 2.75) is 26.4 Å². The molecule has 1 aliphatic rings. The Balaban J connectivity index is 2.08. The molecule has 0 aliphatic carbocycles. The predicted octanol–water partition coefficient (Wildman–Crippen LogP) is 2.35. The summed E-state index contributed by atoms with van der Waals surface area (Å²) in [6, 6.07) is 7.38. The zero-order chi connectivity index (χ0) is 18.6. The normalized spacial score (nSPS) is 18.0. The number of carbonyl (C=O) groups is 1. The molecule has 0 aromatic heterocycles. The van der Waals surface area contributed by atoms with E-state index in [1.54, 1.807) is 4.90 Å². The summed E-state index contributed by atoms with van der Waals surface area (Å²) in [7, 11) is -3.23. The maximum atomic E-state index is 12.9. The fourth-order valence-corrected chi connectivity index (χ4v) is 3.90. The summed E-state index contributed by atoms with van der Waals surface area (Å²) in [6.07, 6.45) is 1.24. The van der Waals surface area contributed by atoms with Crippen molar-refractivity contribution in [2.75, 3.05) is 32.4 Å². The zero-order valence-electron chi connectivity index (χ0n) is 14.8. The number of hydrogen-bond donors (Lipinski definition) is 0. The van der Waals surface area contributed by atoms with Gasteiger partial charge in [-0.2, -0.15) is 0 Å². The third-order valence-corrected chi connectivity index (χ3v) is 5.99. The van der Waals surface area contributed by atoms with Crippen molar-refractivity contribution < 1.29 is 17.9 Å². The standard InChI is InChI=1S/C17H25BrN2O4S/c1-13(2)16(24-15-7-5-14(18)6-8-15)17(21)19-9-4-10-20(12-11-19)25(3,22)23/h5-8,13,16H,4,9-12H2,1-3H3. The summed E-state index contributed by atoms with van der Waals surface area (Å²) in [6.45, 7) is 5.59. The number of rotatable bonds is 5. The Kier molecular flexibility index (Phi) is 6.87. The van der Waals surface area contributed by atoms with Crippen molar-refractivity contribution in [1.82, 2.24) is 9.21 Å². The lowest BCUT2D eigenvalue weighted by Gasteiger charge is -2.28. The molecule has 0 N–H and O–H groups in total. The Hall–Kier alpha value is -1.12. The van der Waals surface area contributed by atoms with E-state index in [0.717, 1.165) is 4.47 Å². The number of nitrogens with zero attached hydrogens (tertiary/aromatic N) is 2. The molecule has 1 saturated heterocycles. The van der Waals surface area contributed by atoms with Crippen LogP contribution in [0.15, 0.2) is 28.7 Å². The first kappa shape index (κ1) is 20.2. The number of ether oxygens (including phenoxy) is 1. The van der Waals surface area contributed by atoms with Crippen molar-refractivity contribution >= 4 is 31.9 Å². The molecule has 1 fully saturated rings. The Morgan fingerprint density at radius 1 is 1.12 bits per heavy atom. The van der Waals surface area contributed by atoms with Gasteiger partial charge in [0.25, 0.3) is 5.91 Å². The fourth-order valence-electron chi connectivity index (χ4n) is 2.76. The van der Waals surface area contributed by atoms with Gasteiger partial charge in [-0.15, -0.1) is 0 Å². The van der Waals surface area contributed by atoms with Gasteiger partial charge in [-0.3, -0.25) is 4.79 Å². The van der Waals surface area contributed by atoms with E-state index in [0.29, 0.717) is 38.3 Å². The molecule has 6 nitrogen and oxygen atoms in total. The second-order valence-electron chi connectivity index (χ2n) is 6.58. The Labute approximate surface area is 158 Å². The summed E-state index contributed by atoms with van der Waals surface area (Å²) in [5.74, 6) is 0.557. The van der Waals surface area contributed by atoms with Crippen LogP contribution in [0.4, 0.5) is 0 Å². The van der Waals surface area contributed by atoms with Crippen molar-refractivity contribution in [1.29, 1.82) is 0 Å². The van der Waals surface area contributed by atoms with Gasteiger partial charge in [-0.25, -0.2) is 12.7 Å². The second kappa shape index (κ2) is 8.51. The molecule has 25 heavy (non-hydrogen) atoms. The van der Waals surface area contributed by atoms with E-state index >= 15 is 0 Å². The SMILES string of the molecule is CC(C)C(Oc1ccc(Br)cc1)C(=O)N1CCCN(S(C)(=O)=O)CC1. The summed E-state index contributed by atoms with van der Waals surface area (Å²) in [5.41, 5.74) is 0. The lowest BCUT2D eigenvalue weighted by Crippen LogP contribution is -2.46. The molecule has 0 saturated carbocycles. The lowest BCUT2D eigenvalue weighted by atomic mass is 10.1. The number of benzene rings is 1. The van der Waals surface area contributed by atoms with E-state index in [1.807, 2.05) is 38.1 Å². The van der Waals surface area contributed by atoms with E-state index < -0.39 is 16.1 Å². The fraction of sp³-hybridized carbons (Fsp3) is 0.588. The van der Waals surface area contributed by atoms with E-state index in [9.17, 15) is 13.2 Å². The molecule has 1 unspecified atom stereocenters. The topological polar surface area (TPSA) is 66.9 Å². The third kappa shape index (κ3) is 5.69. The van der Waals surface area contributed by atoms with Crippen LogP contribution in [0.2, 0.25) is 0 Å². The van der Waals surface area contributed by atoms with Crippen molar-refractivity contribution in [3.05, 3.63) is 28.7 Å². The minimum atomic E-state index is -3.23. The highest BCUT2D eigenvalue weighted by molar-refractivity contribution is 9.10. The molecule has 0 spiro atoms. The van der Waals surface area contributed by atoms with Crippen LogP contribution in [-0.2, 0) is 14.8 Å². The molecule has 8 heteroatoms. The Bertz CT molecular complexity index is 691. The number of halogens is 1. The summed E-state index contributed by atoms with van der Waals surface area (Å²) in [5, 5.41) is 0. The Morgan fingerprint density at radius 3 is 2.32 bits per heavy atom.